The normalized spacial score (nSPS) is 15.6. The van der Waals surface area contributed by atoms with Crippen LogP contribution in [0.3, 0.4) is 0 Å². The SMILES string of the molecule is CCOc1c(C2=CCC(C(F)(F)F)CC2)ccc(-c2nc(SNc3cc(F)c(C(=O)O)cc3OC)cs2)c1F. The summed E-state index contributed by atoms with van der Waals surface area (Å²) in [6.07, 6.45) is -2.84. The van der Waals surface area contributed by atoms with Crippen LogP contribution in [0.4, 0.5) is 27.6 Å². The standard InChI is InChI=1S/C26H23F5N2O4S2/c1-3-37-23-15(13-4-6-14(7-5-13)26(29,30)31)8-9-16(22(23)28)24-32-21(12-38-24)39-33-19-11-18(27)17(25(34)35)10-20(19)36-2/h4,8-12,14,33H,3,5-7H2,1-2H3,(H,34,35). The molecule has 13 heteroatoms. The minimum atomic E-state index is -4.27. The van der Waals surface area contributed by atoms with Gasteiger partial charge in [0.25, 0.3) is 0 Å². The maximum atomic E-state index is 15.6. The number of carbonyl (C=O) groups is 1. The van der Waals surface area contributed by atoms with Gasteiger partial charge in [-0.3, -0.25) is 0 Å². The van der Waals surface area contributed by atoms with Crippen LogP contribution in [0.25, 0.3) is 16.1 Å². The van der Waals surface area contributed by atoms with Crippen molar-refractivity contribution < 1.29 is 41.3 Å². The van der Waals surface area contributed by atoms with Crippen LogP contribution in [0.5, 0.6) is 11.5 Å². The van der Waals surface area contributed by atoms with Crippen LogP contribution in [0.1, 0.15) is 42.1 Å². The molecule has 1 heterocycles. The number of rotatable bonds is 9. The Labute approximate surface area is 229 Å². The fraction of sp³-hybridized carbons (Fsp3) is 0.308. The number of carboxylic acids is 1. The van der Waals surface area contributed by atoms with E-state index in [1.807, 2.05) is 0 Å². The Kier molecular flexibility index (Phi) is 8.70. The molecule has 1 aliphatic carbocycles. The average molecular weight is 587 g/mol. The van der Waals surface area contributed by atoms with Crippen molar-refractivity contribution >= 4 is 40.5 Å². The molecule has 1 aromatic heterocycles. The maximum Gasteiger partial charge on any atom is 0.392 e. The van der Waals surface area contributed by atoms with Crippen LogP contribution in [0.15, 0.2) is 40.7 Å². The Morgan fingerprint density at radius 3 is 2.62 bits per heavy atom. The first-order valence-corrected chi connectivity index (χ1v) is 13.4. The number of aromatic nitrogens is 1. The van der Waals surface area contributed by atoms with Crippen LogP contribution in [0.2, 0.25) is 0 Å². The quantitative estimate of drug-likeness (QED) is 0.194. The molecule has 6 nitrogen and oxygen atoms in total. The largest absolute Gasteiger partial charge is 0.495 e. The Bertz CT molecular complexity index is 1410. The van der Waals surface area contributed by atoms with Crippen molar-refractivity contribution in [3.63, 3.8) is 0 Å². The van der Waals surface area contributed by atoms with E-state index in [2.05, 4.69) is 9.71 Å². The molecule has 0 bridgehead atoms. The van der Waals surface area contributed by atoms with E-state index in [9.17, 15) is 22.4 Å². The number of thiazole rings is 1. The number of nitrogens with one attached hydrogen (secondary N) is 1. The van der Waals surface area contributed by atoms with Gasteiger partial charge in [-0.05, 0) is 43.9 Å². The summed E-state index contributed by atoms with van der Waals surface area (Å²) in [5, 5.41) is 11.5. The fourth-order valence-electron chi connectivity index (χ4n) is 4.14. The molecule has 1 unspecified atom stereocenters. The molecular formula is C26H23F5N2O4S2. The minimum Gasteiger partial charge on any atom is -0.495 e. The van der Waals surface area contributed by atoms with E-state index >= 15 is 4.39 Å². The van der Waals surface area contributed by atoms with Gasteiger partial charge in [0, 0.05) is 29.0 Å². The molecular weight excluding hydrogens is 563 g/mol. The number of aromatic carboxylic acids is 1. The second-order valence-corrected chi connectivity index (χ2v) is 10.2. The first-order chi connectivity index (χ1) is 18.5. The van der Waals surface area contributed by atoms with Crippen molar-refractivity contribution in [2.45, 2.75) is 37.4 Å². The van der Waals surface area contributed by atoms with Gasteiger partial charge in [0.15, 0.2) is 11.6 Å². The first-order valence-electron chi connectivity index (χ1n) is 11.7. The zero-order valence-corrected chi connectivity index (χ0v) is 22.3. The summed E-state index contributed by atoms with van der Waals surface area (Å²) in [5.41, 5.74) is 0.844. The highest BCUT2D eigenvalue weighted by atomic mass is 32.2. The van der Waals surface area contributed by atoms with Gasteiger partial charge in [0.2, 0.25) is 0 Å². The Balaban J connectivity index is 1.56. The van der Waals surface area contributed by atoms with Gasteiger partial charge in [-0.15, -0.1) is 11.3 Å². The molecule has 0 fully saturated rings. The van der Waals surface area contributed by atoms with Gasteiger partial charge in [-0.1, -0.05) is 12.1 Å². The van der Waals surface area contributed by atoms with Gasteiger partial charge in [0.05, 0.1) is 36.4 Å². The van der Waals surface area contributed by atoms with E-state index in [1.54, 1.807) is 18.4 Å². The number of nitrogens with zero attached hydrogens (tertiary/aromatic N) is 1. The summed E-state index contributed by atoms with van der Waals surface area (Å²) in [5.74, 6) is -4.38. The zero-order valence-electron chi connectivity index (χ0n) is 20.7. The van der Waals surface area contributed by atoms with Gasteiger partial charge >= 0.3 is 12.1 Å². The average Bonchev–Trinajstić information content (AvgIpc) is 3.37. The molecule has 0 aliphatic heterocycles. The lowest BCUT2D eigenvalue weighted by atomic mass is 9.85. The predicted octanol–water partition coefficient (Wildman–Crippen LogP) is 8.06. The minimum absolute atomic E-state index is 0.0343. The van der Waals surface area contributed by atoms with Crippen molar-refractivity contribution in [1.82, 2.24) is 4.98 Å². The molecule has 0 amide bonds. The van der Waals surface area contributed by atoms with Crippen LogP contribution < -0.4 is 14.2 Å². The van der Waals surface area contributed by atoms with Crippen molar-refractivity contribution in [2.24, 2.45) is 5.92 Å². The van der Waals surface area contributed by atoms with Crippen molar-refractivity contribution in [1.29, 1.82) is 0 Å². The third kappa shape index (κ3) is 6.30. The number of ether oxygens (including phenoxy) is 2. The highest BCUT2D eigenvalue weighted by Gasteiger charge is 2.40. The number of anilines is 1. The third-order valence-electron chi connectivity index (χ3n) is 6.10. The molecule has 1 aliphatic rings. The third-order valence-corrected chi connectivity index (χ3v) is 7.87. The van der Waals surface area contributed by atoms with Crippen LogP contribution in [-0.4, -0.2) is 36.0 Å². The van der Waals surface area contributed by atoms with E-state index in [0.29, 0.717) is 21.2 Å². The summed E-state index contributed by atoms with van der Waals surface area (Å²) in [6.45, 7) is 1.85. The Morgan fingerprint density at radius 2 is 2.00 bits per heavy atom. The number of methoxy groups -OCH3 is 1. The molecule has 0 saturated carbocycles. The summed E-state index contributed by atoms with van der Waals surface area (Å²) < 4.78 is 82.5. The van der Waals surface area contributed by atoms with Gasteiger partial charge in [-0.2, -0.15) is 13.2 Å². The monoisotopic (exact) mass is 586 g/mol. The van der Waals surface area contributed by atoms with Crippen LogP contribution in [-0.2, 0) is 0 Å². The van der Waals surface area contributed by atoms with Crippen LogP contribution in [0, 0.1) is 17.6 Å². The molecule has 3 aromatic rings. The van der Waals surface area contributed by atoms with Gasteiger partial charge < -0.3 is 19.3 Å². The summed E-state index contributed by atoms with van der Waals surface area (Å²) in [6, 6.07) is 5.21. The molecule has 1 atom stereocenters. The number of hydrogen-bond donors (Lipinski definition) is 2. The molecule has 0 radical (unpaired) electrons. The van der Waals surface area contributed by atoms with Crippen molar-refractivity contribution in [2.75, 3.05) is 18.4 Å². The predicted molar refractivity (Wildman–Crippen MR) is 139 cm³/mol. The van der Waals surface area contributed by atoms with Gasteiger partial charge in [-0.25, -0.2) is 18.6 Å². The van der Waals surface area contributed by atoms with E-state index in [-0.39, 0.29) is 48.6 Å². The summed E-state index contributed by atoms with van der Waals surface area (Å²) >= 11 is 2.14. The molecule has 0 spiro atoms. The van der Waals surface area contributed by atoms with Crippen molar-refractivity contribution in [3.05, 3.63) is 58.5 Å². The number of allylic oxidation sites excluding steroid dienone is 2. The lowest BCUT2D eigenvalue weighted by Crippen LogP contribution is -2.24. The van der Waals surface area contributed by atoms with Gasteiger partial charge in [0.1, 0.15) is 21.6 Å². The summed E-state index contributed by atoms with van der Waals surface area (Å²) in [7, 11) is 1.32. The second-order valence-electron chi connectivity index (χ2n) is 8.51. The molecule has 208 valence electrons. The number of halogens is 5. The molecule has 0 saturated heterocycles. The van der Waals surface area contributed by atoms with Crippen LogP contribution >= 0.6 is 23.3 Å². The highest BCUT2D eigenvalue weighted by molar-refractivity contribution is 8.00. The lowest BCUT2D eigenvalue weighted by Gasteiger charge is -2.25. The maximum absolute atomic E-state index is 15.6. The van der Waals surface area contributed by atoms with E-state index in [4.69, 9.17) is 14.6 Å². The number of carboxylic acid groups (broad SMARTS) is 1. The second kappa shape index (κ2) is 11.8. The number of benzene rings is 2. The number of hydrogen-bond acceptors (Lipinski definition) is 7. The summed E-state index contributed by atoms with van der Waals surface area (Å²) in [4.78, 5) is 15.6. The van der Waals surface area contributed by atoms with E-state index in [1.165, 1.54) is 19.3 Å². The van der Waals surface area contributed by atoms with Crippen molar-refractivity contribution in [3.8, 4) is 22.1 Å². The molecule has 4 rings (SSSR count). The Hall–Kier alpha value is -3.32. The lowest BCUT2D eigenvalue weighted by molar-refractivity contribution is -0.175. The topological polar surface area (TPSA) is 80.7 Å². The molecule has 2 aromatic carbocycles. The zero-order chi connectivity index (χ0) is 28.3. The molecule has 2 N–H and O–H groups in total. The Morgan fingerprint density at radius 1 is 1.26 bits per heavy atom. The van der Waals surface area contributed by atoms with E-state index in [0.717, 1.165) is 35.4 Å². The number of alkyl halides is 3. The first kappa shape index (κ1) is 28.7. The molecule has 39 heavy (non-hydrogen) atoms. The fourth-order valence-corrected chi connectivity index (χ4v) is 5.74. The smallest absolute Gasteiger partial charge is 0.392 e. The highest BCUT2D eigenvalue weighted by Crippen LogP contribution is 2.44. The van der Waals surface area contributed by atoms with E-state index < -0.39 is 35.3 Å².